The summed E-state index contributed by atoms with van der Waals surface area (Å²) in [5, 5.41) is 6.08. The molecular weight excluding hydrogens is 356 g/mol. The van der Waals surface area contributed by atoms with Crippen LogP contribution < -0.4 is 15.4 Å². The molecule has 26 heavy (non-hydrogen) atoms. The molecule has 0 saturated heterocycles. The van der Waals surface area contributed by atoms with E-state index in [1.165, 1.54) is 0 Å². The number of carbonyl (C=O) groups excluding carboxylic acids is 2. The van der Waals surface area contributed by atoms with Gasteiger partial charge in [0.05, 0.1) is 12.3 Å². The number of hydrogen-bond donors (Lipinski definition) is 2. The number of fused-ring (bicyclic) bond motifs is 1. The van der Waals surface area contributed by atoms with Gasteiger partial charge in [0.25, 0.3) is 11.8 Å². The van der Waals surface area contributed by atoms with Gasteiger partial charge in [0, 0.05) is 24.2 Å². The maximum atomic E-state index is 12.3. The van der Waals surface area contributed by atoms with Crippen LogP contribution in [0, 0.1) is 0 Å². The van der Waals surface area contributed by atoms with E-state index in [0.29, 0.717) is 35.2 Å². The maximum absolute atomic E-state index is 12.3. The quantitative estimate of drug-likeness (QED) is 0.624. The van der Waals surface area contributed by atoms with Gasteiger partial charge < -0.3 is 20.1 Å². The highest BCUT2D eigenvalue weighted by atomic mass is 35.5. The number of amides is 2. The number of methoxy groups -OCH3 is 1. The Balaban J connectivity index is 1.77. The monoisotopic (exact) mass is 372 g/mol. The lowest BCUT2D eigenvalue weighted by atomic mass is 10.1. The molecule has 0 spiro atoms. The van der Waals surface area contributed by atoms with Crippen molar-refractivity contribution in [1.82, 2.24) is 5.32 Å². The average Bonchev–Trinajstić information content (AvgIpc) is 2.64. The largest absolute Gasteiger partial charge is 0.449 e. The third-order valence-electron chi connectivity index (χ3n) is 3.69. The predicted octanol–water partition coefficient (Wildman–Crippen LogP) is 3.09. The van der Waals surface area contributed by atoms with Crippen molar-refractivity contribution < 1.29 is 19.1 Å². The lowest BCUT2D eigenvalue weighted by molar-refractivity contribution is -0.115. The summed E-state index contributed by atoms with van der Waals surface area (Å²) >= 11 is 5.86. The molecule has 2 amide bonds. The van der Waals surface area contributed by atoms with Gasteiger partial charge in [0.1, 0.15) is 0 Å². The van der Waals surface area contributed by atoms with Gasteiger partial charge in [-0.1, -0.05) is 23.7 Å². The molecule has 1 heterocycles. The lowest BCUT2D eigenvalue weighted by Gasteiger charge is -2.20. The molecule has 7 heteroatoms. The Morgan fingerprint density at radius 3 is 2.77 bits per heavy atom. The molecule has 2 aromatic rings. The van der Waals surface area contributed by atoms with E-state index in [0.717, 1.165) is 5.56 Å². The van der Waals surface area contributed by atoms with Crippen molar-refractivity contribution in [2.75, 3.05) is 25.6 Å². The van der Waals surface area contributed by atoms with Crippen LogP contribution in [-0.2, 0) is 9.53 Å². The van der Waals surface area contributed by atoms with E-state index in [1.807, 2.05) is 0 Å². The summed E-state index contributed by atoms with van der Waals surface area (Å²) in [4.78, 5) is 24.4. The van der Waals surface area contributed by atoms with Gasteiger partial charge in [-0.2, -0.15) is 0 Å². The number of anilines is 1. The Morgan fingerprint density at radius 1 is 1.27 bits per heavy atom. The standard InChI is InChI=1S/C19H17ClN2O4/c1-25-9-8-21-18(23)13-4-7-16-15(11-13)22-19(24)17(26-16)10-12-2-5-14(20)6-3-12/h2-7,10-11H,8-9H2,1H3,(H,21,23)(H,22,24). The van der Waals surface area contributed by atoms with Gasteiger partial charge in [-0.3, -0.25) is 9.59 Å². The minimum atomic E-state index is -0.385. The normalized spacial score (nSPS) is 14.4. The first-order chi connectivity index (χ1) is 12.6. The zero-order chi connectivity index (χ0) is 18.5. The fourth-order valence-corrected chi connectivity index (χ4v) is 2.51. The van der Waals surface area contributed by atoms with Crippen molar-refractivity contribution in [3.8, 4) is 5.75 Å². The SMILES string of the molecule is COCCNC(=O)c1ccc2c(c1)NC(=O)C(=Cc1ccc(Cl)cc1)O2. The molecule has 1 aliphatic heterocycles. The maximum Gasteiger partial charge on any atom is 0.291 e. The van der Waals surface area contributed by atoms with Gasteiger partial charge in [-0.05, 0) is 42.0 Å². The average molecular weight is 373 g/mol. The first-order valence-electron chi connectivity index (χ1n) is 7.94. The van der Waals surface area contributed by atoms with Gasteiger partial charge in [-0.25, -0.2) is 0 Å². The van der Waals surface area contributed by atoms with E-state index < -0.39 is 0 Å². The summed E-state index contributed by atoms with van der Waals surface area (Å²) in [5.41, 5.74) is 1.66. The van der Waals surface area contributed by atoms with E-state index in [2.05, 4.69) is 10.6 Å². The van der Waals surface area contributed by atoms with Crippen LogP contribution in [0.15, 0.2) is 48.2 Å². The van der Waals surface area contributed by atoms with Crippen molar-refractivity contribution in [3.63, 3.8) is 0 Å². The molecule has 0 saturated carbocycles. The smallest absolute Gasteiger partial charge is 0.291 e. The minimum Gasteiger partial charge on any atom is -0.449 e. The molecule has 2 aromatic carbocycles. The number of rotatable bonds is 5. The highest BCUT2D eigenvalue weighted by molar-refractivity contribution is 6.30. The molecule has 0 aliphatic carbocycles. The second-order valence-electron chi connectivity index (χ2n) is 5.58. The van der Waals surface area contributed by atoms with Crippen LogP contribution in [0.5, 0.6) is 5.75 Å². The number of halogens is 1. The molecule has 0 atom stereocenters. The second kappa shape index (κ2) is 8.03. The van der Waals surface area contributed by atoms with Crippen LogP contribution in [0.1, 0.15) is 15.9 Å². The van der Waals surface area contributed by atoms with Gasteiger partial charge >= 0.3 is 0 Å². The van der Waals surface area contributed by atoms with E-state index >= 15 is 0 Å². The van der Waals surface area contributed by atoms with Crippen molar-refractivity contribution in [2.24, 2.45) is 0 Å². The van der Waals surface area contributed by atoms with E-state index in [4.69, 9.17) is 21.1 Å². The fraction of sp³-hybridized carbons (Fsp3) is 0.158. The Bertz CT molecular complexity index is 862. The summed E-state index contributed by atoms with van der Waals surface area (Å²) in [6.07, 6.45) is 1.62. The number of ether oxygens (including phenoxy) is 2. The Hall–Kier alpha value is -2.83. The summed E-state index contributed by atoms with van der Waals surface area (Å²) in [6.45, 7) is 0.832. The first-order valence-corrected chi connectivity index (χ1v) is 8.32. The van der Waals surface area contributed by atoms with Crippen molar-refractivity contribution in [2.45, 2.75) is 0 Å². The Labute approximate surface area is 155 Å². The Morgan fingerprint density at radius 2 is 2.04 bits per heavy atom. The van der Waals surface area contributed by atoms with E-state index in [-0.39, 0.29) is 17.6 Å². The molecule has 6 nitrogen and oxygen atoms in total. The third-order valence-corrected chi connectivity index (χ3v) is 3.95. The van der Waals surface area contributed by atoms with Crippen LogP contribution in [0.25, 0.3) is 6.08 Å². The summed E-state index contributed by atoms with van der Waals surface area (Å²) in [7, 11) is 1.56. The molecule has 3 rings (SSSR count). The summed E-state index contributed by atoms with van der Waals surface area (Å²) in [5.74, 6) is 0.00127. The number of hydrogen-bond acceptors (Lipinski definition) is 4. The molecule has 2 N–H and O–H groups in total. The van der Waals surface area contributed by atoms with Gasteiger partial charge in [0.2, 0.25) is 0 Å². The van der Waals surface area contributed by atoms with Crippen LogP contribution in [0.3, 0.4) is 0 Å². The Kier molecular flexibility index (Phi) is 5.55. The molecule has 134 valence electrons. The van der Waals surface area contributed by atoms with Gasteiger partial charge in [0.15, 0.2) is 11.5 Å². The lowest BCUT2D eigenvalue weighted by Crippen LogP contribution is -2.28. The molecule has 0 bridgehead atoms. The first kappa shape index (κ1) is 18.0. The topological polar surface area (TPSA) is 76.7 Å². The predicted molar refractivity (Wildman–Crippen MR) is 99.3 cm³/mol. The van der Waals surface area contributed by atoms with E-state index in [9.17, 15) is 9.59 Å². The summed E-state index contributed by atoms with van der Waals surface area (Å²) < 4.78 is 10.6. The van der Waals surface area contributed by atoms with Crippen molar-refractivity contribution >= 4 is 35.2 Å². The zero-order valence-corrected chi connectivity index (χ0v) is 14.8. The molecule has 0 aromatic heterocycles. The second-order valence-corrected chi connectivity index (χ2v) is 6.01. The molecule has 1 aliphatic rings. The van der Waals surface area contributed by atoms with Gasteiger partial charge in [-0.15, -0.1) is 0 Å². The van der Waals surface area contributed by atoms with E-state index in [1.54, 1.807) is 55.7 Å². The highest BCUT2D eigenvalue weighted by Gasteiger charge is 2.23. The molecule has 0 radical (unpaired) electrons. The highest BCUT2D eigenvalue weighted by Crippen LogP contribution is 2.32. The summed E-state index contributed by atoms with van der Waals surface area (Å²) in [6, 6.07) is 11.9. The van der Waals surface area contributed by atoms with Crippen LogP contribution >= 0.6 is 11.6 Å². The number of benzene rings is 2. The third kappa shape index (κ3) is 4.22. The van der Waals surface area contributed by atoms with Crippen LogP contribution in [0.4, 0.5) is 5.69 Å². The minimum absolute atomic E-state index is 0.164. The van der Waals surface area contributed by atoms with Crippen LogP contribution in [0.2, 0.25) is 5.02 Å². The van der Waals surface area contributed by atoms with Crippen LogP contribution in [-0.4, -0.2) is 32.1 Å². The molecule has 0 unspecified atom stereocenters. The zero-order valence-electron chi connectivity index (χ0n) is 14.0. The molecule has 0 fully saturated rings. The fourth-order valence-electron chi connectivity index (χ4n) is 2.38. The van der Waals surface area contributed by atoms with Crippen molar-refractivity contribution in [3.05, 3.63) is 64.4 Å². The number of carbonyl (C=O) groups is 2. The van der Waals surface area contributed by atoms with Crippen molar-refractivity contribution in [1.29, 1.82) is 0 Å². The number of nitrogens with one attached hydrogen (secondary N) is 2. The molecular formula is C19H17ClN2O4.